The SMILES string of the molecule is CCCCCCCCCCCCCCCCOc1cccc(C2CC(OC(=O)CCCCCCCCCCCCCCCC)=NN2c2ccccc2)c1. The molecule has 0 saturated carbocycles. The van der Waals surface area contributed by atoms with Crippen molar-refractivity contribution in [2.75, 3.05) is 11.6 Å². The molecule has 0 amide bonds. The number of para-hydroxylation sites is 1. The van der Waals surface area contributed by atoms with Crippen LogP contribution in [0.5, 0.6) is 5.75 Å². The van der Waals surface area contributed by atoms with Crippen LogP contribution in [0.25, 0.3) is 0 Å². The molecule has 298 valence electrons. The monoisotopic (exact) mass is 731 g/mol. The first-order valence-corrected chi connectivity index (χ1v) is 22.6. The highest BCUT2D eigenvalue weighted by Crippen LogP contribution is 2.36. The van der Waals surface area contributed by atoms with E-state index in [-0.39, 0.29) is 12.0 Å². The van der Waals surface area contributed by atoms with E-state index in [1.165, 1.54) is 161 Å². The van der Waals surface area contributed by atoms with Gasteiger partial charge in [-0.1, -0.05) is 211 Å². The third-order valence-electron chi connectivity index (χ3n) is 10.9. The Bertz CT molecular complexity index is 1200. The lowest BCUT2D eigenvalue weighted by Gasteiger charge is -2.23. The molecular weight excluding hydrogens is 653 g/mol. The van der Waals surface area contributed by atoms with E-state index >= 15 is 0 Å². The Morgan fingerprint density at radius 1 is 0.585 bits per heavy atom. The maximum atomic E-state index is 12.8. The highest BCUT2D eigenvalue weighted by Gasteiger charge is 2.31. The molecule has 3 rings (SSSR count). The predicted molar refractivity (Wildman–Crippen MR) is 227 cm³/mol. The van der Waals surface area contributed by atoms with Crippen LogP contribution in [-0.4, -0.2) is 18.5 Å². The van der Waals surface area contributed by atoms with Crippen molar-refractivity contribution in [2.45, 2.75) is 213 Å². The van der Waals surface area contributed by atoms with Crippen molar-refractivity contribution in [3.8, 4) is 5.75 Å². The van der Waals surface area contributed by atoms with E-state index < -0.39 is 0 Å². The fraction of sp³-hybridized carbons (Fsp3) is 0.708. The minimum atomic E-state index is -0.165. The van der Waals surface area contributed by atoms with Gasteiger partial charge in [0.05, 0.1) is 24.8 Å². The van der Waals surface area contributed by atoms with Gasteiger partial charge in [0.25, 0.3) is 0 Å². The molecular formula is C48H78N2O3. The summed E-state index contributed by atoms with van der Waals surface area (Å²) in [6.07, 6.45) is 38.3. The molecule has 0 saturated heterocycles. The molecule has 1 aliphatic heterocycles. The van der Waals surface area contributed by atoms with Crippen molar-refractivity contribution in [2.24, 2.45) is 5.10 Å². The number of unbranched alkanes of at least 4 members (excludes halogenated alkanes) is 26. The molecule has 5 nitrogen and oxygen atoms in total. The van der Waals surface area contributed by atoms with E-state index in [9.17, 15) is 4.79 Å². The van der Waals surface area contributed by atoms with Crippen molar-refractivity contribution < 1.29 is 14.3 Å². The third-order valence-corrected chi connectivity index (χ3v) is 10.9. The quantitative estimate of drug-likeness (QED) is 0.0542. The number of benzene rings is 2. The second-order valence-corrected chi connectivity index (χ2v) is 15.7. The Balaban J connectivity index is 1.30. The van der Waals surface area contributed by atoms with E-state index in [1.807, 2.05) is 29.3 Å². The Hall–Kier alpha value is -2.82. The summed E-state index contributed by atoms with van der Waals surface area (Å²) < 4.78 is 12.1. The van der Waals surface area contributed by atoms with Crippen LogP contribution in [-0.2, 0) is 9.53 Å². The van der Waals surface area contributed by atoms with Gasteiger partial charge in [-0.15, -0.1) is 5.10 Å². The van der Waals surface area contributed by atoms with E-state index in [2.05, 4.69) is 44.2 Å². The topological polar surface area (TPSA) is 51.1 Å². The largest absolute Gasteiger partial charge is 0.494 e. The van der Waals surface area contributed by atoms with E-state index in [0.29, 0.717) is 18.7 Å². The molecule has 0 aromatic heterocycles. The van der Waals surface area contributed by atoms with Gasteiger partial charge in [0.2, 0.25) is 5.90 Å². The van der Waals surface area contributed by atoms with Crippen molar-refractivity contribution in [1.82, 2.24) is 0 Å². The van der Waals surface area contributed by atoms with Gasteiger partial charge in [-0.25, -0.2) is 0 Å². The number of rotatable bonds is 33. The summed E-state index contributed by atoms with van der Waals surface area (Å²) in [5.41, 5.74) is 2.11. The Kier molecular flexibility index (Phi) is 25.7. The molecule has 53 heavy (non-hydrogen) atoms. The maximum absolute atomic E-state index is 12.8. The van der Waals surface area contributed by atoms with Crippen LogP contribution in [0, 0.1) is 0 Å². The number of anilines is 1. The van der Waals surface area contributed by atoms with Gasteiger partial charge >= 0.3 is 5.97 Å². The van der Waals surface area contributed by atoms with Crippen LogP contribution in [0.2, 0.25) is 0 Å². The summed E-state index contributed by atoms with van der Waals surface area (Å²) >= 11 is 0. The number of carbonyl (C=O) groups is 1. The van der Waals surface area contributed by atoms with Crippen LogP contribution in [0.1, 0.15) is 218 Å². The second kappa shape index (κ2) is 30.5. The standard InChI is InChI=1S/C48H78N2O3/c1-3-5-7-9-11-13-15-17-19-21-23-25-27-32-39-48(51)53-47-42-46(50(49-47)44-36-30-29-31-37-44)43-35-34-38-45(41-43)52-40-33-28-26-24-22-20-18-16-14-12-10-8-6-4-2/h29-31,34-38,41,46H,3-28,32-33,39-40,42H2,1-2H3. The molecule has 0 radical (unpaired) electrons. The van der Waals surface area contributed by atoms with Crippen molar-refractivity contribution in [3.05, 3.63) is 60.2 Å². The van der Waals surface area contributed by atoms with Gasteiger partial charge in [0.15, 0.2) is 0 Å². The summed E-state index contributed by atoms with van der Waals surface area (Å²) in [5.74, 6) is 1.23. The summed E-state index contributed by atoms with van der Waals surface area (Å²) in [6, 6.07) is 18.5. The van der Waals surface area contributed by atoms with Crippen molar-refractivity contribution in [1.29, 1.82) is 0 Å². The van der Waals surface area contributed by atoms with Gasteiger partial charge in [0.1, 0.15) is 5.75 Å². The second-order valence-electron chi connectivity index (χ2n) is 15.7. The predicted octanol–water partition coefficient (Wildman–Crippen LogP) is 15.2. The molecule has 5 heteroatoms. The van der Waals surface area contributed by atoms with Crippen molar-refractivity contribution in [3.63, 3.8) is 0 Å². The fourth-order valence-corrected chi connectivity index (χ4v) is 7.57. The van der Waals surface area contributed by atoms with E-state index in [4.69, 9.17) is 14.6 Å². The molecule has 1 heterocycles. The summed E-state index contributed by atoms with van der Waals surface area (Å²) in [5, 5.41) is 6.82. The average molecular weight is 731 g/mol. The van der Waals surface area contributed by atoms with Crippen LogP contribution in [0.15, 0.2) is 59.7 Å². The first kappa shape index (κ1) is 44.6. The zero-order chi connectivity index (χ0) is 37.4. The Morgan fingerprint density at radius 3 is 1.57 bits per heavy atom. The lowest BCUT2D eigenvalue weighted by Crippen LogP contribution is -2.18. The highest BCUT2D eigenvalue weighted by molar-refractivity contribution is 5.91. The summed E-state index contributed by atoms with van der Waals surface area (Å²) in [6.45, 7) is 5.31. The van der Waals surface area contributed by atoms with Gasteiger partial charge in [0, 0.05) is 6.42 Å². The molecule has 0 fully saturated rings. The Labute approximate surface area is 326 Å². The number of ether oxygens (including phenoxy) is 2. The number of hydrogen-bond acceptors (Lipinski definition) is 5. The smallest absolute Gasteiger partial charge is 0.312 e. The number of esters is 1. The number of nitrogens with zero attached hydrogens (tertiary/aromatic N) is 2. The summed E-state index contributed by atoms with van der Waals surface area (Å²) in [4.78, 5) is 12.8. The van der Waals surface area contributed by atoms with Crippen LogP contribution in [0.3, 0.4) is 0 Å². The van der Waals surface area contributed by atoms with Crippen molar-refractivity contribution >= 4 is 17.6 Å². The van der Waals surface area contributed by atoms with Crippen LogP contribution < -0.4 is 9.75 Å². The Morgan fingerprint density at radius 2 is 1.06 bits per heavy atom. The van der Waals surface area contributed by atoms with Gasteiger partial charge in [-0.3, -0.25) is 9.80 Å². The van der Waals surface area contributed by atoms with E-state index in [1.54, 1.807) is 0 Å². The highest BCUT2D eigenvalue weighted by atomic mass is 16.5. The third kappa shape index (κ3) is 21.0. The molecule has 0 N–H and O–H groups in total. The first-order valence-electron chi connectivity index (χ1n) is 22.6. The number of hydrazone groups is 1. The van der Waals surface area contributed by atoms with Gasteiger partial charge < -0.3 is 9.47 Å². The van der Waals surface area contributed by atoms with Crippen LogP contribution in [0.4, 0.5) is 5.69 Å². The van der Waals surface area contributed by atoms with Crippen LogP contribution >= 0.6 is 0 Å². The minimum Gasteiger partial charge on any atom is -0.494 e. The van der Waals surface area contributed by atoms with Gasteiger partial charge in [-0.05, 0) is 42.7 Å². The maximum Gasteiger partial charge on any atom is 0.312 e. The molecule has 1 aliphatic rings. The average Bonchev–Trinajstić information content (AvgIpc) is 3.60. The zero-order valence-corrected chi connectivity index (χ0v) is 34.3. The minimum absolute atomic E-state index is 0.0501. The number of carbonyl (C=O) groups excluding carboxylic acids is 1. The lowest BCUT2D eigenvalue weighted by atomic mass is 10.0. The molecule has 1 atom stereocenters. The summed E-state index contributed by atoms with van der Waals surface area (Å²) in [7, 11) is 0. The first-order chi connectivity index (χ1) is 26.2. The molecule has 2 aromatic rings. The molecule has 0 aliphatic carbocycles. The van der Waals surface area contributed by atoms with E-state index in [0.717, 1.165) is 42.9 Å². The lowest BCUT2D eigenvalue weighted by molar-refractivity contribution is -0.135. The molecule has 0 bridgehead atoms. The number of hydrogen-bond donors (Lipinski definition) is 0. The molecule has 1 unspecified atom stereocenters. The molecule has 0 spiro atoms. The molecule has 2 aromatic carbocycles. The van der Waals surface area contributed by atoms with Gasteiger partial charge in [-0.2, -0.15) is 0 Å². The normalized spacial score (nSPS) is 14.1. The zero-order valence-electron chi connectivity index (χ0n) is 34.3. The fourth-order valence-electron chi connectivity index (χ4n) is 7.57.